The van der Waals surface area contributed by atoms with E-state index in [9.17, 15) is 4.79 Å². The van der Waals surface area contributed by atoms with Crippen LogP contribution in [0.2, 0.25) is 0 Å². The number of rotatable bonds is 3. The largest absolute Gasteiger partial charge is 0.496 e. The molecule has 2 rings (SSSR count). The van der Waals surface area contributed by atoms with Gasteiger partial charge in [-0.3, -0.25) is 14.4 Å². The number of aryl methyl sites for hydroxylation is 1. The van der Waals surface area contributed by atoms with Gasteiger partial charge in [0.2, 0.25) is 0 Å². The van der Waals surface area contributed by atoms with Crippen LogP contribution in [0.3, 0.4) is 0 Å². The highest BCUT2D eigenvalue weighted by Gasteiger charge is 2.11. The van der Waals surface area contributed by atoms with Crippen molar-refractivity contribution in [3.8, 4) is 5.75 Å². The first kappa shape index (κ1) is 15.0. The number of benzene rings is 1. The quantitative estimate of drug-likeness (QED) is 0.870. The summed E-state index contributed by atoms with van der Waals surface area (Å²) in [7, 11) is 1.60. The Morgan fingerprint density at radius 3 is 2.67 bits per heavy atom. The topological polar surface area (TPSA) is 43.6 Å². The van der Waals surface area contributed by atoms with E-state index in [1.807, 2.05) is 45.0 Å². The molecule has 0 radical (unpaired) electrons. The predicted molar refractivity (Wildman–Crippen MR) is 82.6 cm³/mol. The number of hydrogen-bond acceptors (Lipinski definition) is 3. The summed E-state index contributed by atoms with van der Waals surface area (Å²) in [6.07, 6.45) is 1.73. The van der Waals surface area contributed by atoms with Crippen LogP contribution >= 0.6 is 0 Å². The molecule has 0 atom stereocenters. The zero-order chi connectivity index (χ0) is 15.4. The van der Waals surface area contributed by atoms with Crippen LogP contribution in [0.4, 0.5) is 0 Å². The summed E-state index contributed by atoms with van der Waals surface area (Å²) in [5, 5.41) is 0. The van der Waals surface area contributed by atoms with E-state index in [0.29, 0.717) is 16.8 Å². The molecule has 21 heavy (non-hydrogen) atoms. The summed E-state index contributed by atoms with van der Waals surface area (Å²) in [4.78, 5) is 17.2. The number of pyridine rings is 1. The Balaban J connectivity index is 2.51. The van der Waals surface area contributed by atoms with E-state index in [1.165, 1.54) is 0 Å². The third-order valence-corrected chi connectivity index (χ3v) is 3.10. The minimum absolute atomic E-state index is 0.117. The van der Waals surface area contributed by atoms with Gasteiger partial charge < -0.3 is 4.74 Å². The fraction of sp³-hybridized carbons (Fsp3) is 0.294. The van der Waals surface area contributed by atoms with Gasteiger partial charge in [0, 0.05) is 17.8 Å². The van der Waals surface area contributed by atoms with Gasteiger partial charge in [-0.1, -0.05) is 12.1 Å². The highest BCUT2D eigenvalue weighted by atomic mass is 16.5. The molecular formula is C17H20N2O2. The van der Waals surface area contributed by atoms with E-state index in [4.69, 9.17) is 4.74 Å². The van der Waals surface area contributed by atoms with Crippen molar-refractivity contribution in [1.29, 1.82) is 0 Å². The lowest BCUT2D eigenvalue weighted by Crippen LogP contribution is -2.28. The van der Waals surface area contributed by atoms with Gasteiger partial charge in [0.25, 0.3) is 5.91 Å². The van der Waals surface area contributed by atoms with E-state index in [2.05, 4.69) is 4.99 Å². The van der Waals surface area contributed by atoms with E-state index in [-0.39, 0.29) is 11.9 Å². The van der Waals surface area contributed by atoms with E-state index in [1.54, 1.807) is 30.0 Å². The standard InChI is InChI=1S/C17H20N2O2/c1-12(2)18-16-7-5-6-10-19(16)17(20)14-9-8-13(3)15(11-14)21-4/h5-12H,1-4H3. The molecular weight excluding hydrogens is 264 g/mol. The molecule has 0 saturated carbocycles. The van der Waals surface area contributed by atoms with Crippen molar-refractivity contribution in [1.82, 2.24) is 4.57 Å². The molecule has 0 saturated heterocycles. The molecule has 0 aliphatic rings. The van der Waals surface area contributed by atoms with Crippen molar-refractivity contribution in [2.45, 2.75) is 26.8 Å². The number of carbonyl (C=O) groups is 1. The first-order valence-corrected chi connectivity index (χ1v) is 6.94. The van der Waals surface area contributed by atoms with Gasteiger partial charge >= 0.3 is 0 Å². The minimum Gasteiger partial charge on any atom is -0.496 e. The normalized spacial score (nSPS) is 11.8. The third kappa shape index (κ3) is 3.40. The summed E-state index contributed by atoms with van der Waals surface area (Å²) >= 11 is 0. The second-order valence-corrected chi connectivity index (χ2v) is 5.14. The molecule has 0 aliphatic carbocycles. The molecule has 0 N–H and O–H groups in total. The molecule has 0 spiro atoms. The Hall–Kier alpha value is -2.36. The summed E-state index contributed by atoms with van der Waals surface area (Å²) in [5.41, 5.74) is 2.23. The Labute approximate surface area is 124 Å². The van der Waals surface area contributed by atoms with Crippen LogP contribution in [0.15, 0.2) is 47.6 Å². The average molecular weight is 284 g/mol. The van der Waals surface area contributed by atoms with Crippen LogP contribution < -0.4 is 10.2 Å². The van der Waals surface area contributed by atoms with E-state index < -0.39 is 0 Å². The van der Waals surface area contributed by atoms with Gasteiger partial charge in [0.05, 0.1) is 7.11 Å². The molecule has 1 aromatic heterocycles. The lowest BCUT2D eigenvalue weighted by atomic mass is 10.1. The second-order valence-electron chi connectivity index (χ2n) is 5.14. The molecule has 2 aromatic rings. The van der Waals surface area contributed by atoms with E-state index >= 15 is 0 Å². The van der Waals surface area contributed by atoms with Crippen molar-refractivity contribution in [3.05, 3.63) is 59.2 Å². The maximum atomic E-state index is 12.7. The zero-order valence-corrected chi connectivity index (χ0v) is 12.8. The molecule has 1 heterocycles. The molecule has 4 nitrogen and oxygen atoms in total. The summed E-state index contributed by atoms with van der Waals surface area (Å²) in [5.74, 6) is 0.591. The Kier molecular flexibility index (Phi) is 4.58. The SMILES string of the molecule is COc1cc(C(=O)n2ccccc2=NC(C)C)ccc1C. The van der Waals surface area contributed by atoms with Crippen LogP contribution in [0.25, 0.3) is 0 Å². The van der Waals surface area contributed by atoms with Gasteiger partial charge in [-0.05, 0) is 50.6 Å². The van der Waals surface area contributed by atoms with Crippen molar-refractivity contribution in [2.24, 2.45) is 4.99 Å². The Morgan fingerprint density at radius 1 is 1.24 bits per heavy atom. The van der Waals surface area contributed by atoms with Crippen molar-refractivity contribution < 1.29 is 9.53 Å². The number of ether oxygens (including phenoxy) is 1. The van der Waals surface area contributed by atoms with Crippen molar-refractivity contribution in [2.75, 3.05) is 7.11 Å². The molecule has 0 amide bonds. The number of hydrogen-bond donors (Lipinski definition) is 0. The second kappa shape index (κ2) is 6.39. The number of aromatic nitrogens is 1. The molecule has 0 aliphatic heterocycles. The van der Waals surface area contributed by atoms with Crippen molar-refractivity contribution in [3.63, 3.8) is 0 Å². The summed E-state index contributed by atoms with van der Waals surface area (Å²) < 4.78 is 6.84. The Bertz CT molecular complexity index is 715. The summed E-state index contributed by atoms with van der Waals surface area (Å²) in [6.45, 7) is 5.91. The van der Waals surface area contributed by atoms with Gasteiger partial charge in [0.1, 0.15) is 11.2 Å². The maximum Gasteiger partial charge on any atom is 0.263 e. The number of carbonyl (C=O) groups excluding carboxylic acids is 1. The first-order valence-electron chi connectivity index (χ1n) is 6.94. The Morgan fingerprint density at radius 2 is 2.00 bits per heavy atom. The van der Waals surface area contributed by atoms with Gasteiger partial charge in [-0.2, -0.15) is 0 Å². The van der Waals surface area contributed by atoms with Gasteiger partial charge in [-0.25, -0.2) is 0 Å². The lowest BCUT2D eigenvalue weighted by Gasteiger charge is -2.10. The fourth-order valence-corrected chi connectivity index (χ4v) is 2.07. The van der Waals surface area contributed by atoms with Crippen LogP contribution in [0.5, 0.6) is 5.75 Å². The monoisotopic (exact) mass is 284 g/mol. The zero-order valence-electron chi connectivity index (χ0n) is 12.8. The molecule has 110 valence electrons. The minimum atomic E-state index is -0.117. The lowest BCUT2D eigenvalue weighted by molar-refractivity contribution is 0.0954. The maximum absolute atomic E-state index is 12.7. The van der Waals surface area contributed by atoms with Crippen LogP contribution in [0.1, 0.15) is 29.8 Å². The van der Waals surface area contributed by atoms with E-state index in [0.717, 1.165) is 5.56 Å². The first-order chi connectivity index (χ1) is 10.0. The average Bonchev–Trinajstić information content (AvgIpc) is 2.47. The van der Waals surface area contributed by atoms with Gasteiger partial charge in [-0.15, -0.1) is 0 Å². The molecule has 0 unspecified atom stereocenters. The smallest absolute Gasteiger partial charge is 0.263 e. The van der Waals surface area contributed by atoms with Crippen LogP contribution in [-0.2, 0) is 0 Å². The molecule has 4 heteroatoms. The molecule has 0 fully saturated rings. The summed E-state index contributed by atoms with van der Waals surface area (Å²) in [6, 6.07) is 11.1. The van der Waals surface area contributed by atoms with Crippen molar-refractivity contribution >= 4 is 5.91 Å². The highest BCUT2D eigenvalue weighted by molar-refractivity contribution is 5.96. The third-order valence-electron chi connectivity index (χ3n) is 3.10. The highest BCUT2D eigenvalue weighted by Crippen LogP contribution is 2.19. The number of methoxy groups -OCH3 is 1. The van der Waals surface area contributed by atoms with Crippen LogP contribution in [-0.4, -0.2) is 23.6 Å². The predicted octanol–water partition coefficient (Wildman–Crippen LogP) is 2.80. The number of nitrogens with zero attached hydrogens (tertiary/aromatic N) is 2. The fourth-order valence-electron chi connectivity index (χ4n) is 2.07. The molecule has 0 bridgehead atoms. The van der Waals surface area contributed by atoms with Gasteiger partial charge in [0.15, 0.2) is 0 Å². The molecule has 1 aromatic carbocycles. The van der Waals surface area contributed by atoms with Crippen LogP contribution in [0, 0.1) is 6.92 Å².